The van der Waals surface area contributed by atoms with E-state index in [9.17, 15) is 0 Å². The van der Waals surface area contributed by atoms with E-state index >= 15 is 0 Å². The second-order valence-corrected chi connectivity index (χ2v) is 6.11. The molecule has 0 saturated carbocycles. The SMILES string of the molecule is Nc1nonc1NCCCOc1cccc(CN2CCCCC2)c1. The first-order valence-corrected chi connectivity index (χ1v) is 8.57. The Morgan fingerprint density at radius 1 is 1.21 bits per heavy atom. The lowest BCUT2D eigenvalue weighted by molar-refractivity contribution is 0.220. The summed E-state index contributed by atoms with van der Waals surface area (Å²) in [5.41, 5.74) is 6.89. The summed E-state index contributed by atoms with van der Waals surface area (Å²) >= 11 is 0. The third-order valence-electron chi connectivity index (χ3n) is 4.15. The number of hydrogen-bond donors (Lipinski definition) is 2. The highest BCUT2D eigenvalue weighted by atomic mass is 16.6. The molecule has 2 aromatic rings. The van der Waals surface area contributed by atoms with Crippen LogP contribution in [-0.4, -0.2) is 41.5 Å². The number of rotatable bonds is 8. The molecule has 130 valence electrons. The average Bonchev–Trinajstić information content (AvgIpc) is 3.01. The summed E-state index contributed by atoms with van der Waals surface area (Å²) < 4.78 is 10.4. The molecule has 0 bridgehead atoms. The van der Waals surface area contributed by atoms with Crippen molar-refractivity contribution in [1.82, 2.24) is 15.2 Å². The van der Waals surface area contributed by atoms with Gasteiger partial charge in [0.25, 0.3) is 0 Å². The van der Waals surface area contributed by atoms with Crippen molar-refractivity contribution in [3.8, 4) is 5.75 Å². The van der Waals surface area contributed by atoms with Crippen LogP contribution < -0.4 is 15.8 Å². The van der Waals surface area contributed by atoms with Crippen LogP contribution in [0.25, 0.3) is 0 Å². The highest BCUT2D eigenvalue weighted by molar-refractivity contribution is 5.53. The fourth-order valence-electron chi connectivity index (χ4n) is 2.90. The minimum absolute atomic E-state index is 0.279. The highest BCUT2D eigenvalue weighted by Crippen LogP contribution is 2.18. The summed E-state index contributed by atoms with van der Waals surface area (Å²) in [7, 11) is 0. The molecule has 1 aliphatic rings. The first-order valence-electron chi connectivity index (χ1n) is 8.57. The van der Waals surface area contributed by atoms with E-state index in [2.05, 4.69) is 43.4 Å². The van der Waals surface area contributed by atoms with Gasteiger partial charge in [-0.25, -0.2) is 4.63 Å². The molecule has 3 rings (SSSR count). The van der Waals surface area contributed by atoms with Gasteiger partial charge in [-0.1, -0.05) is 18.6 Å². The molecule has 1 aromatic heterocycles. The van der Waals surface area contributed by atoms with Crippen LogP contribution in [0, 0.1) is 0 Å². The minimum atomic E-state index is 0.279. The van der Waals surface area contributed by atoms with E-state index in [0.717, 1.165) is 18.7 Å². The highest BCUT2D eigenvalue weighted by Gasteiger charge is 2.10. The van der Waals surface area contributed by atoms with Crippen LogP contribution in [0.2, 0.25) is 0 Å². The third kappa shape index (κ3) is 4.86. The Hall–Kier alpha value is -2.28. The topological polar surface area (TPSA) is 89.4 Å². The summed E-state index contributed by atoms with van der Waals surface area (Å²) in [6.07, 6.45) is 4.83. The Morgan fingerprint density at radius 3 is 2.88 bits per heavy atom. The van der Waals surface area contributed by atoms with Crippen molar-refractivity contribution >= 4 is 11.6 Å². The zero-order valence-corrected chi connectivity index (χ0v) is 13.9. The maximum Gasteiger partial charge on any atom is 0.215 e. The predicted octanol–water partition coefficient (Wildman–Crippen LogP) is 2.52. The first-order chi connectivity index (χ1) is 11.8. The second kappa shape index (κ2) is 8.54. The van der Waals surface area contributed by atoms with Gasteiger partial charge in [0.05, 0.1) is 6.61 Å². The quantitative estimate of drug-likeness (QED) is 0.718. The fraction of sp³-hybridized carbons (Fsp3) is 0.529. The monoisotopic (exact) mass is 331 g/mol. The van der Waals surface area contributed by atoms with Crippen LogP contribution in [0.15, 0.2) is 28.9 Å². The van der Waals surface area contributed by atoms with Crippen LogP contribution in [0.1, 0.15) is 31.2 Å². The maximum absolute atomic E-state index is 5.84. The van der Waals surface area contributed by atoms with Gasteiger partial charge in [-0.05, 0) is 60.4 Å². The normalized spacial score (nSPS) is 15.3. The number of nitrogen functional groups attached to an aromatic ring is 1. The molecule has 0 spiro atoms. The van der Waals surface area contributed by atoms with Crippen LogP contribution >= 0.6 is 0 Å². The lowest BCUT2D eigenvalue weighted by Crippen LogP contribution is -2.29. The number of nitrogens with two attached hydrogens (primary N) is 1. The lowest BCUT2D eigenvalue weighted by atomic mass is 10.1. The van der Waals surface area contributed by atoms with Gasteiger partial charge in [0.15, 0.2) is 0 Å². The summed E-state index contributed by atoms with van der Waals surface area (Å²) in [6.45, 7) is 4.75. The van der Waals surface area contributed by atoms with Crippen LogP contribution in [-0.2, 0) is 6.54 Å². The molecule has 0 aliphatic carbocycles. The number of nitrogens with one attached hydrogen (secondary N) is 1. The molecule has 24 heavy (non-hydrogen) atoms. The molecule has 0 atom stereocenters. The Labute approximate surface area is 142 Å². The van der Waals surface area contributed by atoms with Gasteiger partial charge in [-0.2, -0.15) is 0 Å². The molecule has 7 heteroatoms. The summed E-state index contributed by atoms with van der Waals surface area (Å²) in [5, 5.41) is 10.3. The number of hydrogen-bond acceptors (Lipinski definition) is 7. The van der Waals surface area contributed by atoms with Crippen LogP contribution in [0.3, 0.4) is 0 Å². The predicted molar refractivity (Wildman–Crippen MR) is 92.9 cm³/mol. The van der Waals surface area contributed by atoms with Crippen molar-refractivity contribution in [3.05, 3.63) is 29.8 Å². The van der Waals surface area contributed by atoms with E-state index < -0.39 is 0 Å². The summed E-state index contributed by atoms with van der Waals surface area (Å²) in [4.78, 5) is 2.52. The van der Waals surface area contributed by atoms with Crippen molar-refractivity contribution in [1.29, 1.82) is 0 Å². The molecule has 3 N–H and O–H groups in total. The standard InChI is InChI=1S/C17H25N5O2/c18-16-17(21-24-20-16)19-8-5-11-23-15-7-4-6-14(12-15)13-22-9-2-1-3-10-22/h4,6-7,12H,1-3,5,8-11,13H2,(H2,18,20)(H,19,21). The summed E-state index contributed by atoms with van der Waals surface area (Å²) in [5.74, 6) is 1.69. The smallest absolute Gasteiger partial charge is 0.215 e. The van der Waals surface area contributed by atoms with Gasteiger partial charge in [-0.3, -0.25) is 4.90 Å². The molecule has 1 aromatic carbocycles. The number of nitrogens with zero attached hydrogens (tertiary/aromatic N) is 3. The maximum atomic E-state index is 5.84. The molecule has 1 fully saturated rings. The largest absolute Gasteiger partial charge is 0.494 e. The Kier molecular flexibility index (Phi) is 5.90. The van der Waals surface area contributed by atoms with E-state index in [0.29, 0.717) is 19.0 Å². The van der Waals surface area contributed by atoms with Gasteiger partial charge in [-0.15, -0.1) is 0 Å². The number of aromatic nitrogens is 2. The van der Waals surface area contributed by atoms with Crippen molar-refractivity contribution in [2.75, 3.05) is 37.3 Å². The lowest BCUT2D eigenvalue weighted by Gasteiger charge is -2.26. The second-order valence-electron chi connectivity index (χ2n) is 6.11. The van der Waals surface area contributed by atoms with Gasteiger partial charge >= 0.3 is 0 Å². The Morgan fingerprint density at radius 2 is 2.08 bits per heavy atom. The minimum Gasteiger partial charge on any atom is -0.494 e. The average molecular weight is 331 g/mol. The molecular weight excluding hydrogens is 306 g/mol. The number of likely N-dealkylation sites (tertiary alicyclic amines) is 1. The van der Waals surface area contributed by atoms with E-state index in [1.165, 1.54) is 37.9 Å². The molecule has 0 radical (unpaired) electrons. The van der Waals surface area contributed by atoms with Crippen LogP contribution in [0.4, 0.5) is 11.6 Å². The zero-order valence-electron chi connectivity index (χ0n) is 13.9. The zero-order chi connectivity index (χ0) is 16.6. The summed E-state index contributed by atoms with van der Waals surface area (Å²) in [6, 6.07) is 8.38. The van der Waals surface area contributed by atoms with Crippen molar-refractivity contribution < 1.29 is 9.37 Å². The fourth-order valence-corrected chi connectivity index (χ4v) is 2.90. The van der Waals surface area contributed by atoms with Crippen molar-refractivity contribution in [3.63, 3.8) is 0 Å². The van der Waals surface area contributed by atoms with E-state index in [1.54, 1.807) is 0 Å². The number of benzene rings is 1. The van der Waals surface area contributed by atoms with E-state index in [1.807, 2.05) is 6.07 Å². The van der Waals surface area contributed by atoms with Gasteiger partial charge in [0.1, 0.15) is 5.75 Å². The van der Waals surface area contributed by atoms with Gasteiger partial charge < -0.3 is 15.8 Å². The molecule has 2 heterocycles. The molecule has 7 nitrogen and oxygen atoms in total. The number of ether oxygens (including phenoxy) is 1. The molecular formula is C17H25N5O2. The third-order valence-corrected chi connectivity index (χ3v) is 4.15. The van der Waals surface area contributed by atoms with Gasteiger partial charge in [0, 0.05) is 13.1 Å². The Balaban J connectivity index is 1.39. The molecule has 1 saturated heterocycles. The van der Waals surface area contributed by atoms with Crippen molar-refractivity contribution in [2.24, 2.45) is 0 Å². The van der Waals surface area contributed by atoms with Gasteiger partial charge in [0.2, 0.25) is 11.6 Å². The molecule has 0 amide bonds. The Bertz CT molecular complexity index is 625. The van der Waals surface area contributed by atoms with E-state index in [-0.39, 0.29) is 5.82 Å². The molecule has 1 aliphatic heterocycles. The van der Waals surface area contributed by atoms with E-state index in [4.69, 9.17) is 10.5 Å². The molecule has 0 unspecified atom stereocenters. The number of anilines is 2. The first kappa shape index (κ1) is 16.6. The van der Waals surface area contributed by atoms with Crippen molar-refractivity contribution in [2.45, 2.75) is 32.2 Å². The van der Waals surface area contributed by atoms with Crippen LogP contribution in [0.5, 0.6) is 5.75 Å². The number of piperidine rings is 1.